The first-order valence-electron chi connectivity index (χ1n) is 8.71. The van der Waals surface area contributed by atoms with Gasteiger partial charge in [-0.2, -0.15) is 0 Å². The van der Waals surface area contributed by atoms with Crippen molar-refractivity contribution in [3.63, 3.8) is 0 Å². The minimum Gasteiger partial charge on any atom is -0.490 e. The van der Waals surface area contributed by atoms with E-state index in [1.807, 2.05) is 0 Å². The minimum atomic E-state index is -3.51. The van der Waals surface area contributed by atoms with Crippen molar-refractivity contribution >= 4 is 54.9 Å². The van der Waals surface area contributed by atoms with Crippen LogP contribution in [0.5, 0.6) is 5.75 Å². The molecule has 0 unspecified atom stereocenters. The summed E-state index contributed by atoms with van der Waals surface area (Å²) in [5, 5.41) is 5.51. The van der Waals surface area contributed by atoms with Gasteiger partial charge >= 0.3 is 0 Å². The third-order valence-corrected chi connectivity index (χ3v) is 6.51. The average Bonchev–Trinajstić information content (AvgIpc) is 2.69. The van der Waals surface area contributed by atoms with Crippen LogP contribution in [-0.4, -0.2) is 58.2 Å². The van der Waals surface area contributed by atoms with E-state index in [4.69, 9.17) is 21.7 Å². The minimum absolute atomic E-state index is 0.0831. The number of anilines is 1. The maximum absolute atomic E-state index is 12.4. The molecule has 0 aliphatic rings. The van der Waals surface area contributed by atoms with Crippen molar-refractivity contribution in [3.05, 3.63) is 52.5 Å². The normalized spacial score (nSPS) is 11.2. The van der Waals surface area contributed by atoms with Gasteiger partial charge in [0.2, 0.25) is 10.0 Å². The van der Waals surface area contributed by atoms with Crippen LogP contribution in [0.3, 0.4) is 0 Å². The van der Waals surface area contributed by atoms with Crippen LogP contribution in [0.15, 0.2) is 51.8 Å². The van der Waals surface area contributed by atoms with Crippen molar-refractivity contribution in [1.29, 1.82) is 0 Å². The van der Waals surface area contributed by atoms with Crippen LogP contribution in [0.1, 0.15) is 10.4 Å². The summed E-state index contributed by atoms with van der Waals surface area (Å²) in [6, 6.07) is 11.0. The van der Waals surface area contributed by atoms with Crippen LogP contribution in [0, 0.1) is 0 Å². The molecule has 30 heavy (non-hydrogen) atoms. The monoisotopic (exact) mass is 515 g/mol. The first-order valence-corrected chi connectivity index (χ1v) is 11.4. The number of nitrogens with zero attached hydrogens (tertiary/aromatic N) is 1. The number of hydrogen-bond donors (Lipinski definition) is 2. The van der Waals surface area contributed by atoms with E-state index in [0.29, 0.717) is 34.7 Å². The van der Waals surface area contributed by atoms with Gasteiger partial charge in [-0.05, 0) is 70.6 Å². The number of rotatable bonds is 8. The van der Waals surface area contributed by atoms with Crippen molar-refractivity contribution < 1.29 is 22.7 Å². The molecule has 2 N–H and O–H groups in total. The molecule has 0 bridgehead atoms. The average molecular weight is 516 g/mol. The van der Waals surface area contributed by atoms with Gasteiger partial charge in [-0.3, -0.25) is 10.1 Å². The molecule has 2 aromatic carbocycles. The Hall–Kier alpha value is -2.05. The lowest BCUT2D eigenvalue weighted by Crippen LogP contribution is -2.34. The van der Waals surface area contributed by atoms with Crippen molar-refractivity contribution in [2.24, 2.45) is 0 Å². The fourth-order valence-electron chi connectivity index (χ4n) is 2.25. The lowest BCUT2D eigenvalue weighted by atomic mass is 10.2. The second-order valence-corrected chi connectivity index (χ2v) is 9.62. The zero-order chi connectivity index (χ0) is 22.3. The fraction of sp³-hybridized carbons (Fsp3) is 0.263. The summed E-state index contributed by atoms with van der Waals surface area (Å²) in [7, 11) is 0.997. The van der Waals surface area contributed by atoms with Gasteiger partial charge in [-0.15, -0.1) is 0 Å². The third kappa shape index (κ3) is 6.47. The van der Waals surface area contributed by atoms with E-state index in [0.717, 1.165) is 4.31 Å². The maximum atomic E-state index is 12.4. The van der Waals surface area contributed by atoms with Gasteiger partial charge in [0.1, 0.15) is 12.4 Å². The van der Waals surface area contributed by atoms with E-state index in [-0.39, 0.29) is 10.0 Å². The Labute approximate surface area is 189 Å². The van der Waals surface area contributed by atoms with Gasteiger partial charge < -0.3 is 14.8 Å². The first kappa shape index (κ1) is 24.2. The van der Waals surface area contributed by atoms with E-state index >= 15 is 0 Å². The predicted molar refractivity (Wildman–Crippen MR) is 123 cm³/mol. The molecule has 0 aromatic heterocycles. The molecule has 2 rings (SSSR count). The standard InChI is InChI=1S/C19H22BrN3O5S2/c1-23(2)30(25,26)15-7-5-14(6-8-15)21-19(29)22-18(24)13-4-9-17(16(20)12-13)28-11-10-27-3/h4-9,12H,10-11H2,1-3H3,(H2,21,22,24,29). The lowest BCUT2D eigenvalue weighted by Gasteiger charge is -2.13. The Balaban J connectivity index is 1.98. The molecule has 0 fully saturated rings. The molecule has 0 atom stereocenters. The Morgan fingerprint density at radius 2 is 1.80 bits per heavy atom. The molecule has 0 saturated heterocycles. The number of benzene rings is 2. The van der Waals surface area contributed by atoms with E-state index in [1.165, 1.54) is 26.2 Å². The topological polar surface area (TPSA) is 97.0 Å². The molecule has 0 saturated carbocycles. The summed E-state index contributed by atoms with van der Waals surface area (Å²) >= 11 is 8.54. The summed E-state index contributed by atoms with van der Waals surface area (Å²) < 4.78 is 36.4. The Kier molecular flexibility index (Phi) is 8.74. The summed E-state index contributed by atoms with van der Waals surface area (Å²) in [5.74, 6) is 0.195. The molecule has 2 aromatic rings. The Morgan fingerprint density at radius 3 is 2.37 bits per heavy atom. The molecule has 11 heteroatoms. The van der Waals surface area contributed by atoms with Crippen LogP contribution >= 0.6 is 28.1 Å². The summed E-state index contributed by atoms with van der Waals surface area (Å²) in [6.07, 6.45) is 0. The molecule has 0 spiro atoms. The molecule has 1 amide bonds. The van der Waals surface area contributed by atoms with E-state index in [1.54, 1.807) is 37.4 Å². The van der Waals surface area contributed by atoms with Crippen molar-refractivity contribution in [2.45, 2.75) is 4.90 Å². The van der Waals surface area contributed by atoms with Crippen LogP contribution < -0.4 is 15.4 Å². The number of carbonyl (C=O) groups excluding carboxylic acids is 1. The highest BCUT2D eigenvalue weighted by molar-refractivity contribution is 9.10. The SMILES string of the molecule is COCCOc1ccc(C(=O)NC(=S)Nc2ccc(S(=O)(=O)N(C)C)cc2)cc1Br. The number of nitrogens with one attached hydrogen (secondary N) is 2. The highest BCUT2D eigenvalue weighted by atomic mass is 79.9. The number of halogens is 1. The van der Waals surface area contributed by atoms with E-state index in [2.05, 4.69) is 26.6 Å². The number of methoxy groups -OCH3 is 1. The van der Waals surface area contributed by atoms with Crippen LogP contribution in [-0.2, 0) is 14.8 Å². The quantitative estimate of drug-likeness (QED) is 0.412. The Morgan fingerprint density at radius 1 is 1.13 bits per heavy atom. The first-order chi connectivity index (χ1) is 14.1. The van der Waals surface area contributed by atoms with Gasteiger partial charge in [-0.1, -0.05) is 0 Å². The number of ether oxygens (including phenoxy) is 2. The number of amides is 1. The van der Waals surface area contributed by atoms with Gasteiger partial charge in [0.05, 0.1) is 16.0 Å². The second kappa shape index (κ2) is 10.8. The Bertz CT molecular complexity index is 1010. The van der Waals surface area contributed by atoms with Gasteiger partial charge in [0.25, 0.3) is 5.91 Å². The summed E-state index contributed by atoms with van der Waals surface area (Å²) in [5.41, 5.74) is 0.929. The highest BCUT2D eigenvalue weighted by Crippen LogP contribution is 2.26. The number of sulfonamides is 1. The van der Waals surface area contributed by atoms with Crippen molar-refractivity contribution in [2.75, 3.05) is 39.7 Å². The van der Waals surface area contributed by atoms with Crippen LogP contribution in [0.4, 0.5) is 5.69 Å². The fourth-order valence-corrected chi connectivity index (χ4v) is 3.86. The van der Waals surface area contributed by atoms with Gasteiger partial charge in [0, 0.05) is 32.5 Å². The van der Waals surface area contributed by atoms with Crippen LogP contribution in [0.2, 0.25) is 0 Å². The summed E-state index contributed by atoms with van der Waals surface area (Å²) in [6.45, 7) is 0.847. The maximum Gasteiger partial charge on any atom is 0.257 e. The molecular formula is C19H22BrN3O5S2. The second-order valence-electron chi connectivity index (χ2n) is 6.21. The predicted octanol–water partition coefficient (Wildman–Crippen LogP) is 2.85. The molecule has 0 aliphatic carbocycles. The largest absolute Gasteiger partial charge is 0.490 e. The lowest BCUT2D eigenvalue weighted by molar-refractivity contribution is 0.0977. The molecule has 8 nitrogen and oxygen atoms in total. The number of carbonyl (C=O) groups is 1. The zero-order valence-corrected chi connectivity index (χ0v) is 19.9. The molecular weight excluding hydrogens is 494 g/mol. The highest BCUT2D eigenvalue weighted by Gasteiger charge is 2.17. The molecule has 0 heterocycles. The third-order valence-electron chi connectivity index (χ3n) is 3.86. The van der Waals surface area contributed by atoms with Gasteiger partial charge in [0.15, 0.2) is 5.11 Å². The smallest absolute Gasteiger partial charge is 0.257 e. The molecule has 0 aliphatic heterocycles. The molecule has 0 radical (unpaired) electrons. The van der Waals surface area contributed by atoms with E-state index in [9.17, 15) is 13.2 Å². The summed E-state index contributed by atoms with van der Waals surface area (Å²) in [4.78, 5) is 12.6. The van der Waals surface area contributed by atoms with Crippen molar-refractivity contribution in [3.8, 4) is 5.75 Å². The van der Waals surface area contributed by atoms with E-state index < -0.39 is 15.9 Å². The van der Waals surface area contributed by atoms with Gasteiger partial charge in [-0.25, -0.2) is 12.7 Å². The van der Waals surface area contributed by atoms with Crippen molar-refractivity contribution in [1.82, 2.24) is 9.62 Å². The zero-order valence-electron chi connectivity index (χ0n) is 16.6. The molecule has 162 valence electrons. The van der Waals surface area contributed by atoms with Crippen LogP contribution in [0.25, 0.3) is 0 Å². The number of thiocarbonyl (C=S) groups is 1. The number of hydrogen-bond acceptors (Lipinski definition) is 6.